The highest BCUT2D eigenvalue weighted by molar-refractivity contribution is 6.04. The molecular formula is C54H65N5O6. The molecule has 0 saturated carbocycles. The molecule has 11 nitrogen and oxygen atoms in total. The molecule has 2 bridgehead atoms. The third kappa shape index (κ3) is 8.27. The summed E-state index contributed by atoms with van der Waals surface area (Å²) in [6.07, 6.45) is 10.3. The highest BCUT2D eigenvalue weighted by Gasteiger charge is 2.45. The van der Waals surface area contributed by atoms with E-state index in [2.05, 4.69) is 80.4 Å². The summed E-state index contributed by atoms with van der Waals surface area (Å²) in [6, 6.07) is 21.0. The van der Waals surface area contributed by atoms with Crippen molar-refractivity contribution in [3.8, 4) is 22.3 Å². The van der Waals surface area contributed by atoms with Crippen molar-refractivity contribution in [1.29, 1.82) is 0 Å². The maximum atomic E-state index is 14.1. The fraction of sp³-hybridized carbons (Fsp3) is 0.519. The third-order valence-corrected chi connectivity index (χ3v) is 15.8. The van der Waals surface area contributed by atoms with Gasteiger partial charge in [0.2, 0.25) is 11.8 Å². The Balaban J connectivity index is 0.911. The molecule has 0 aliphatic carbocycles. The van der Waals surface area contributed by atoms with Crippen molar-refractivity contribution in [3.05, 3.63) is 83.1 Å². The third-order valence-electron chi connectivity index (χ3n) is 15.8. The van der Waals surface area contributed by atoms with Crippen LogP contribution in [0.5, 0.6) is 0 Å². The van der Waals surface area contributed by atoms with Crippen LogP contribution < -0.4 is 0 Å². The van der Waals surface area contributed by atoms with Gasteiger partial charge in [-0.2, -0.15) is 0 Å². The van der Waals surface area contributed by atoms with E-state index in [4.69, 9.17) is 19.5 Å². The predicted octanol–water partition coefficient (Wildman–Crippen LogP) is 9.70. The van der Waals surface area contributed by atoms with Crippen molar-refractivity contribution in [3.63, 3.8) is 0 Å². The topological polar surface area (TPSA) is 121 Å². The number of nitrogens with zero attached hydrogens (tertiary/aromatic N) is 5. The van der Waals surface area contributed by atoms with Gasteiger partial charge in [0.05, 0.1) is 56.7 Å². The number of allylic oxidation sites excluding steroid dienone is 1. The van der Waals surface area contributed by atoms with Crippen molar-refractivity contribution in [2.24, 2.45) is 33.7 Å². The van der Waals surface area contributed by atoms with Crippen LogP contribution in [0.1, 0.15) is 126 Å². The number of rotatable bonds is 14. The van der Waals surface area contributed by atoms with E-state index in [0.29, 0.717) is 31.6 Å². The summed E-state index contributed by atoms with van der Waals surface area (Å²) in [7, 11) is 5.04. The second-order valence-electron chi connectivity index (χ2n) is 19.7. The summed E-state index contributed by atoms with van der Waals surface area (Å²) in [5, 5.41) is 0. The van der Waals surface area contributed by atoms with Gasteiger partial charge in [0, 0.05) is 55.6 Å². The SMILES string of the molecule is CCC(C)[C@H](CC(=O)OC)C(=O)N1CCC[C@H]1C1=Nc2ccc(-c3ccc(-c4ccc(C5=CN=C([C@@H]6CCCN6C(=O)[C@@H](CC(=O)OC)C(C)C)C5)cc4)c4c3C3CCC4N3C)cc2C1. The molecule has 0 aromatic heterocycles. The lowest BCUT2D eigenvalue weighted by atomic mass is 9.81. The molecule has 342 valence electrons. The van der Waals surface area contributed by atoms with E-state index in [-0.39, 0.29) is 60.5 Å². The molecule has 6 aliphatic heterocycles. The van der Waals surface area contributed by atoms with Gasteiger partial charge < -0.3 is 19.3 Å². The summed E-state index contributed by atoms with van der Waals surface area (Å²) < 4.78 is 9.91. The molecule has 0 radical (unpaired) electrons. The minimum Gasteiger partial charge on any atom is -0.469 e. The quantitative estimate of drug-likeness (QED) is 0.148. The van der Waals surface area contributed by atoms with E-state index in [1.165, 1.54) is 53.2 Å². The molecular weight excluding hydrogens is 815 g/mol. The van der Waals surface area contributed by atoms with Gasteiger partial charge in [0.25, 0.3) is 0 Å². The molecule has 6 heterocycles. The zero-order valence-electron chi connectivity index (χ0n) is 39.3. The normalized spacial score (nSPS) is 23.5. The van der Waals surface area contributed by atoms with Crippen LogP contribution >= 0.6 is 0 Å². The predicted molar refractivity (Wildman–Crippen MR) is 255 cm³/mol. The monoisotopic (exact) mass is 879 g/mol. The summed E-state index contributed by atoms with van der Waals surface area (Å²) in [4.78, 5) is 69.0. The molecule has 3 fully saturated rings. The second-order valence-corrected chi connectivity index (χ2v) is 19.7. The number of likely N-dealkylation sites (tertiary alicyclic amines) is 2. The summed E-state index contributed by atoms with van der Waals surface area (Å²) >= 11 is 0. The molecule has 3 aromatic carbocycles. The largest absolute Gasteiger partial charge is 0.469 e. The number of aliphatic imine (C=N–C) groups is 2. The van der Waals surface area contributed by atoms with Crippen LogP contribution in [0, 0.1) is 23.7 Å². The van der Waals surface area contributed by atoms with Crippen LogP contribution in [-0.4, -0.2) is 96.3 Å². The van der Waals surface area contributed by atoms with Crippen molar-refractivity contribution < 1.29 is 28.7 Å². The highest BCUT2D eigenvalue weighted by atomic mass is 16.5. The van der Waals surface area contributed by atoms with Crippen LogP contribution in [0.25, 0.3) is 27.8 Å². The number of carbonyl (C=O) groups excluding carboxylic acids is 4. The van der Waals surface area contributed by atoms with Gasteiger partial charge in [-0.1, -0.05) is 76.6 Å². The van der Waals surface area contributed by atoms with Crippen molar-refractivity contribution >= 4 is 46.4 Å². The second kappa shape index (κ2) is 18.5. The number of carbonyl (C=O) groups is 4. The maximum absolute atomic E-state index is 14.1. The van der Waals surface area contributed by atoms with E-state index in [0.717, 1.165) is 79.6 Å². The number of benzene rings is 3. The number of methoxy groups -OCH3 is 2. The lowest BCUT2D eigenvalue weighted by molar-refractivity contribution is -0.148. The molecule has 7 atom stereocenters. The Kier molecular flexibility index (Phi) is 12.7. The first-order chi connectivity index (χ1) is 31.4. The summed E-state index contributed by atoms with van der Waals surface area (Å²) in [6.45, 7) is 9.49. The number of hydrogen-bond acceptors (Lipinski definition) is 9. The standard InChI is InChI=1S/C54H65N5O6/c1-8-32(4)41(29-50(61)65-7)54(63)59-24-10-12-46(59)44-26-36-25-35(17-20-42(36)56-44)39-19-18-38(51-47-21-22-48(52(39)51)57(47)5)34-15-13-33(14-16-34)37-27-43(55-30-37)45-11-9-23-58(45)53(62)40(31(2)3)28-49(60)64-6/h13-20,25,30-32,40-41,45-48H,8-12,21-24,26-29H2,1-7H3/t32?,40-,41-,45-,46-,47?,48?/m0/s1. The average molecular weight is 880 g/mol. The van der Waals surface area contributed by atoms with Crippen molar-refractivity contribution in [2.75, 3.05) is 34.4 Å². The van der Waals surface area contributed by atoms with E-state index in [1.807, 2.05) is 29.8 Å². The molecule has 2 amide bonds. The van der Waals surface area contributed by atoms with Gasteiger partial charge in [-0.05, 0) is 120 Å². The first-order valence-electron chi connectivity index (χ1n) is 24.1. The van der Waals surface area contributed by atoms with Gasteiger partial charge in [0.1, 0.15) is 0 Å². The molecule has 0 spiro atoms. The van der Waals surface area contributed by atoms with Gasteiger partial charge >= 0.3 is 11.9 Å². The van der Waals surface area contributed by atoms with Gasteiger partial charge in [-0.3, -0.25) is 34.1 Å². The van der Waals surface area contributed by atoms with E-state index in [1.54, 1.807) is 0 Å². The number of amides is 2. The zero-order valence-corrected chi connectivity index (χ0v) is 39.3. The molecule has 6 aliphatic rings. The molecule has 3 saturated heterocycles. The first-order valence-corrected chi connectivity index (χ1v) is 24.1. The Labute approximate surface area is 384 Å². The fourth-order valence-electron chi connectivity index (χ4n) is 11.9. The lowest BCUT2D eigenvalue weighted by Crippen LogP contribution is -2.45. The minimum atomic E-state index is -0.407. The van der Waals surface area contributed by atoms with Crippen LogP contribution in [-0.2, 0) is 35.1 Å². The van der Waals surface area contributed by atoms with Crippen LogP contribution in [0.2, 0.25) is 0 Å². The Hall–Kier alpha value is -5.42. The van der Waals surface area contributed by atoms with Crippen molar-refractivity contribution in [1.82, 2.24) is 14.7 Å². The highest BCUT2D eigenvalue weighted by Crippen LogP contribution is 2.57. The van der Waals surface area contributed by atoms with Crippen molar-refractivity contribution in [2.45, 2.75) is 122 Å². The van der Waals surface area contributed by atoms with Gasteiger partial charge in [-0.15, -0.1) is 0 Å². The molecule has 11 heteroatoms. The van der Waals surface area contributed by atoms with E-state index < -0.39 is 11.8 Å². The zero-order chi connectivity index (χ0) is 45.7. The van der Waals surface area contributed by atoms with Gasteiger partial charge in [0.15, 0.2) is 0 Å². The first kappa shape index (κ1) is 44.8. The number of hydrogen-bond donors (Lipinski definition) is 0. The number of fused-ring (bicyclic) bond motifs is 6. The van der Waals surface area contributed by atoms with Gasteiger partial charge in [-0.25, -0.2) is 0 Å². The Bertz CT molecular complexity index is 2470. The Morgan fingerprint density at radius 2 is 1.23 bits per heavy atom. The summed E-state index contributed by atoms with van der Waals surface area (Å²) in [5.41, 5.74) is 14.4. The molecule has 3 unspecified atom stereocenters. The Morgan fingerprint density at radius 3 is 1.83 bits per heavy atom. The van der Waals surface area contributed by atoms with Crippen LogP contribution in [0.3, 0.4) is 0 Å². The lowest BCUT2D eigenvalue weighted by Gasteiger charge is -2.31. The molecule has 3 aromatic rings. The summed E-state index contributed by atoms with van der Waals surface area (Å²) in [5.74, 6) is -1.31. The number of esters is 2. The van der Waals surface area contributed by atoms with E-state index >= 15 is 0 Å². The molecule has 0 N–H and O–H groups in total. The maximum Gasteiger partial charge on any atom is 0.306 e. The molecule has 65 heavy (non-hydrogen) atoms. The van der Waals surface area contributed by atoms with Crippen LogP contribution in [0.15, 0.2) is 70.8 Å². The average Bonchev–Trinajstić information content (AvgIpc) is 4.20. The van der Waals surface area contributed by atoms with E-state index in [9.17, 15) is 19.2 Å². The number of ether oxygens (including phenoxy) is 2. The van der Waals surface area contributed by atoms with Crippen LogP contribution in [0.4, 0.5) is 5.69 Å². The minimum absolute atomic E-state index is 0.0247. The fourth-order valence-corrected chi connectivity index (χ4v) is 11.9. The Morgan fingerprint density at radius 1 is 0.677 bits per heavy atom. The molecule has 9 rings (SSSR count). The smallest absolute Gasteiger partial charge is 0.306 e.